The Balaban J connectivity index is 2.36. The minimum absolute atomic E-state index is 0.429. The van der Waals surface area contributed by atoms with Gasteiger partial charge >= 0.3 is 0 Å². The molecule has 0 amide bonds. The highest BCUT2D eigenvalue weighted by Gasteiger charge is 2.27. The van der Waals surface area contributed by atoms with Gasteiger partial charge in [-0.05, 0) is 20.9 Å². The Morgan fingerprint density at radius 2 is 2.18 bits per heavy atom. The summed E-state index contributed by atoms with van der Waals surface area (Å²) in [6, 6.07) is 1.27. The molecule has 2 nitrogen and oxygen atoms in total. The van der Waals surface area contributed by atoms with Gasteiger partial charge in [0.25, 0.3) is 0 Å². The van der Waals surface area contributed by atoms with E-state index >= 15 is 0 Å². The molecule has 0 bridgehead atoms. The topological polar surface area (TPSA) is 12.5 Å². The maximum atomic E-state index is 5.48. The van der Waals surface area contributed by atoms with E-state index in [2.05, 4.69) is 48.4 Å². The maximum Gasteiger partial charge on any atom is 0.110 e. The van der Waals surface area contributed by atoms with Crippen molar-refractivity contribution >= 4 is 22.6 Å². The SMILES string of the molecule is CC(C)N(C)[C@@H]1CO[C@H](I)C1. The largest absolute Gasteiger partial charge is 0.366 e. The van der Waals surface area contributed by atoms with Crippen LogP contribution < -0.4 is 0 Å². The van der Waals surface area contributed by atoms with Crippen LogP contribution >= 0.6 is 22.6 Å². The minimum atomic E-state index is 0.429. The van der Waals surface area contributed by atoms with Crippen molar-refractivity contribution in [2.24, 2.45) is 0 Å². The molecule has 1 heterocycles. The highest BCUT2D eigenvalue weighted by atomic mass is 127. The fourth-order valence-electron chi connectivity index (χ4n) is 1.27. The second-order valence-corrected chi connectivity index (χ2v) is 4.78. The van der Waals surface area contributed by atoms with Crippen molar-refractivity contribution in [1.29, 1.82) is 0 Å². The maximum absolute atomic E-state index is 5.48. The van der Waals surface area contributed by atoms with E-state index in [0.717, 1.165) is 6.61 Å². The molecule has 11 heavy (non-hydrogen) atoms. The molecule has 0 unspecified atom stereocenters. The molecule has 1 saturated heterocycles. The molecule has 0 aliphatic carbocycles. The van der Waals surface area contributed by atoms with Crippen LogP contribution in [0.5, 0.6) is 0 Å². The van der Waals surface area contributed by atoms with Gasteiger partial charge in [-0.2, -0.15) is 0 Å². The highest BCUT2D eigenvalue weighted by molar-refractivity contribution is 14.1. The van der Waals surface area contributed by atoms with Crippen LogP contribution in [0.25, 0.3) is 0 Å². The highest BCUT2D eigenvalue weighted by Crippen LogP contribution is 2.23. The van der Waals surface area contributed by atoms with Gasteiger partial charge in [0, 0.05) is 18.5 Å². The number of nitrogens with zero attached hydrogens (tertiary/aromatic N) is 1. The lowest BCUT2D eigenvalue weighted by atomic mass is 10.2. The summed E-state index contributed by atoms with van der Waals surface area (Å²) in [5, 5.41) is 0. The van der Waals surface area contributed by atoms with Gasteiger partial charge in [0.05, 0.1) is 6.61 Å². The molecule has 0 radical (unpaired) electrons. The third-order valence-electron chi connectivity index (χ3n) is 2.32. The van der Waals surface area contributed by atoms with Crippen LogP contribution in [-0.4, -0.2) is 34.7 Å². The molecule has 3 heteroatoms. The van der Waals surface area contributed by atoms with E-state index in [9.17, 15) is 0 Å². The van der Waals surface area contributed by atoms with E-state index in [-0.39, 0.29) is 0 Å². The summed E-state index contributed by atoms with van der Waals surface area (Å²) in [5.74, 6) is 0. The number of alkyl halides is 1. The summed E-state index contributed by atoms with van der Waals surface area (Å²) in [5.41, 5.74) is 0. The second kappa shape index (κ2) is 4.05. The summed E-state index contributed by atoms with van der Waals surface area (Å²) in [7, 11) is 2.17. The van der Waals surface area contributed by atoms with Gasteiger partial charge in [0.2, 0.25) is 0 Å². The number of halogens is 1. The van der Waals surface area contributed by atoms with E-state index in [1.165, 1.54) is 6.42 Å². The zero-order chi connectivity index (χ0) is 8.43. The number of likely N-dealkylation sites (N-methyl/N-ethyl adjacent to an activating group) is 1. The summed E-state index contributed by atoms with van der Waals surface area (Å²) in [6.45, 7) is 5.35. The lowest BCUT2D eigenvalue weighted by Gasteiger charge is -2.26. The molecule has 66 valence electrons. The zero-order valence-corrected chi connectivity index (χ0v) is 9.54. The molecule has 1 fully saturated rings. The van der Waals surface area contributed by atoms with Gasteiger partial charge in [0.15, 0.2) is 0 Å². The zero-order valence-electron chi connectivity index (χ0n) is 7.38. The predicted molar refractivity (Wildman–Crippen MR) is 55.1 cm³/mol. The molecule has 0 aromatic heterocycles. The monoisotopic (exact) mass is 269 g/mol. The number of hydrogen-bond donors (Lipinski definition) is 0. The van der Waals surface area contributed by atoms with Crippen molar-refractivity contribution in [3.63, 3.8) is 0 Å². The Kier molecular flexibility index (Phi) is 3.58. The quantitative estimate of drug-likeness (QED) is 0.560. The molecule has 1 aliphatic rings. The Bertz CT molecular complexity index is 129. The molecule has 1 aliphatic heterocycles. The normalized spacial score (nSPS) is 32.2. The van der Waals surface area contributed by atoms with Crippen LogP contribution in [0.4, 0.5) is 0 Å². The molecule has 2 atom stereocenters. The van der Waals surface area contributed by atoms with Crippen molar-refractivity contribution in [3.05, 3.63) is 0 Å². The van der Waals surface area contributed by atoms with E-state index in [1.807, 2.05) is 0 Å². The summed E-state index contributed by atoms with van der Waals surface area (Å²) in [6.07, 6.45) is 1.18. The summed E-state index contributed by atoms with van der Waals surface area (Å²) in [4.78, 5) is 2.39. The fraction of sp³-hybridized carbons (Fsp3) is 1.00. The van der Waals surface area contributed by atoms with Crippen molar-refractivity contribution < 1.29 is 4.74 Å². The van der Waals surface area contributed by atoms with Crippen LogP contribution in [0.2, 0.25) is 0 Å². The molecule has 0 aromatic rings. The van der Waals surface area contributed by atoms with Crippen LogP contribution in [-0.2, 0) is 4.74 Å². The first kappa shape index (κ1) is 9.74. The lowest BCUT2D eigenvalue weighted by Crippen LogP contribution is -2.37. The molecule has 0 spiro atoms. The molecule has 0 N–H and O–H groups in total. The second-order valence-electron chi connectivity index (χ2n) is 3.39. The van der Waals surface area contributed by atoms with Crippen LogP contribution in [0.15, 0.2) is 0 Å². The van der Waals surface area contributed by atoms with Gasteiger partial charge in [-0.25, -0.2) is 0 Å². The number of hydrogen-bond acceptors (Lipinski definition) is 2. The Morgan fingerprint density at radius 3 is 2.55 bits per heavy atom. The van der Waals surface area contributed by atoms with Crippen molar-refractivity contribution in [2.45, 2.75) is 36.5 Å². The van der Waals surface area contributed by atoms with Gasteiger partial charge < -0.3 is 4.74 Å². The average Bonchev–Trinajstić information content (AvgIpc) is 2.34. The van der Waals surface area contributed by atoms with E-state index in [0.29, 0.717) is 16.2 Å². The van der Waals surface area contributed by atoms with Crippen molar-refractivity contribution in [2.75, 3.05) is 13.7 Å². The van der Waals surface area contributed by atoms with E-state index in [4.69, 9.17) is 4.74 Å². The number of rotatable bonds is 2. The summed E-state index contributed by atoms with van der Waals surface area (Å²) >= 11 is 2.36. The van der Waals surface area contributed by atoms with Crippen molar-refractivity contribution in [3.8, 4) is 0 Å². The molecule has 0 saturated carbocycles. The van der Waals surface area contributed by atoms with Crippen molar-refractivity contribution in [1.82, 2.24) is 4.90 Å². The molecule has 0 aromatic carbocycles. The smallest absolute Gasteiger partial charge is 0.110 e. The van der Waals surface area contributed by atoms with Gasteiger partial charge in [0.1, 0.15) is 4.11 Å². The first-order valence-electron chi connectivity index (χ1n) is 4.09. The van der Waals surface area contributed by atoms with Gasteiger partial charge in [-0.15, -0.1) is 0 Å². The average molecular weight is 269 g/mol. The van der Waals surface area contributed by atoms with Crippen LogP contribution in [0.3, 0.4) is 0 Å². The molecular weight excluding hydrogens is 253 g/mol. The Hall–Kier alpha value is 0.650. The van der Waals surface area contributed by atoms with Gasteiger partial charge in [-0.1, -0.05) is 22.6 Å². The van der Waals surface area contributed by atoms with Crippen LogP contribution in [0.1, 0.15) is 20.3 Å². The Labute approximate surface area is 82.4 Å². The lowest BCUT2D eigenvalue weighted by molar-refractivity contribution is 0.138. The number of ether oxygens (including phenoxy) is 1. The van der Waals surface area contributed by atoms with E-state index < -0.39 is 0 Å². The fourth-order valence-corrected chi connectivity index (χ4v) is 2.07. The molecule has 1 rings (SSSR count). The first-order chi connectivity index (χ1) is 5.11. The molecular formula is C8H16INO. The van der Waals surface area contributed by atoms with E-state index in [1.54, 1.807) is 0 Å². The summed E-state index contributed by atoms with van der Waals surface area (Å²) < 4.78 is 5.91. The third-order valence-corrected chi connectivity index (χ3v) is 3.19. The van der Waals surface area contributed by atoms with Crippen LogP contribution in [0, 0.1) is 0 Å². The van der Waals surface area contributed by atoms with Gasteiger partial charge in [-0.3, -0.25) is 4.90 Å². The Morgan fingerprint density at radius 1 is 1.55 bits per heavy atom. The minimum Gasteiger partial charge on any atom is -0.366 e. The first-order valence-corrected chi connectivity index (χ1v) is 5.33. The standard InChI is InChI=1S/C8H16INO/c1-6(2)10(3)7-4-8(9)11-5-7/h6-8H,4-5H2,1-3H3/t7-,8-/m0/s1. The predicted octanol–water partition coefficient (Wildman–Crippen LogP) is 1.88. The third kappa shape index (κ3) is 2.56.